The van der Waals surface area contributed by atoms with E-state index in [-0.39, 0.29) is 11.7 Å². The van der Waals surface area contributed by atoms with Crippen LogP contribution in [0.15, 0.2) is 71.6 Å². The molecule has 4 rings (SSSR count). The largest absolute Gasteiger partial charge is 0.494 e. The average molecular weight is 449 g/mol. The fraction of sp³-hybridized carbons (Fsp3) is 0.208. The minimum atomic E-state index is -0.445. The van der Waals surface area contributed by atoms with Crippen LogP contribution in [0.25, 0.3) is 5.69 Å². The van der Waals surface area contributed by atoms with Crippen molar-refractivity contribution < 1.29 is 13.9 Å². The standard InChI is InChI=1S/C24H25FN6O2/c1-26-23(32)18-12-17(22(25)21(13-18)33-2)5-4-16-14-27-24(28-15-16)30-19-6-8-20(9-7-19)31-11-3-10-29-31/h3,6-14H,4-5,15H2,1-2H3,(H,26,32)(H2,27,28,30). The fourth-order valence-electron chi connectivity index (χ4n) is 3.48. The molecule has 8 nitrogen and oxygen atoms in total. The summed E-state index contributed by atoms with van der Waals surface area (Å²) in [6.45, 7) is 0.495. The Bertz CT molecular complexity index is 1190. The number of amides is 1. The maximum atomic E-state index is 14.7. The van der Waals surface area contributed by atoms with Gasteiger partial charge in [-0.3, -0.25) is 4.79 Å². The minimum absolute atomic E-state index is 0.0601. The van der Waals surface area contributed by atoms with Crippen LogP contribution >= 0.6 is 0 Å². The molecule has 0 saturated carbocycles. The van der Waals surface area contributed by atoms with Gasteiger partial charge in [0.15, 0.2) is 17.5 Å². The Morgan fingerprint density at radius 1 is 1.24 bits per heavy atom. The van der Waals surface area contributed by atoms with E-state index in [9.17, 15) is 9.18 Å². The smallest absolute Gasteiger partial charge is 0.251 e. The Kier molecular flexibility index (Phi) is 6.68. The van der Waals surface area contributed by atoms with Gasteiger partial charge < -0.3 is 20.7 Å². The number of nitrogens with zero attached hydrogens (tertiary/aromatic N) is 3. The van der Waals surface area contributed by atoms with E-state index < -0.39 is 5.82 Å². The molecule has 2 aromatic carbocycles. The number of guanidine groups is 1. The van der Waals surface area contributed by atoms with Gasteiger partial charge in [0.25, 0.3) is 5.91 Å². The molecular formula is C24H25FN6O2. The van der Waals surface area contributed by atoms with Gasteiger partial charge in [-0.1, -0.05) is 0 Å². The van der Waals surface area contributed by atoms with Crippen LogP contribution in [0.3, 0.4) is 0 Å². The van der Waals surface area contributed by atoms with E-state index in [1.54, 1.807) is 16.9 Å². The molecule has 0 radical (unpaired) electrons. The van der Waals surface area contributed by atoms with Gasteiger partial charge in [-0.25, -0.2) is 14.1 Å². The first-order valence-corrected chi connectivity index (χ1v) is 10.5. The number of hydrogen-bond donors (Lipinski definition) is 3. The first-order chi connectivity index (χ1) is 16.1. The number of anilines is 1. The number of benzene rings is 2. The predicted octanol–water partition coefficient (Wildman–Crippen LogP) is 3.27. The summed E-state index contributed by atoms with van der Waals surface area (Å²) in [6, 6.07) is 12.7. The fourth-order valence-corrected chi connectivity index (χ4v) is 3.48. The second-order valence-electron chi connectivity index (χ2n) is 7.47. The molecule has 0 saturated heterocycles. The van der Waals surface area contributed by atoms with E-state index in [1.807, 2.05) is 42.7 Å². The molecule has 3 aromatic rings. The van der Waals surface area contributed by atoms with Gasteiger partial charge >= 0.3 is 0 Å². The molecular weight excluding hydrogens is 423 g/mol. The van der Waals surface area contributed by atoms with Crippen LogP contribution in [0, 0.1) is 5.82 Å². The van der Waals surface area contributed by atoms with E-state index in [0.29, 0.717) is 36.5 Å². The van der Waals surface area contributed by atoms with E-state index in [4.69, 9.17) is 4.74 Å². The number of aryl methyl sites for hydroxylation is 1. The molecule has 0 unspecified atom stereocenters. The third-order valence-corrected chi connectivity index (χ3v) is 5.29. The molecule has 0 aliphatic carbocycles. The summed E-state index contributed by atoms with van der Waals surface area (Å²) in [4.78, 5) is 16.5. The number of ether oxygens (including phenoxy) is 1. The van der Waals surface area contributed by atoms with Crippen molar-refractivity contribution in [1.82, 2.24) is 20.4 Å². The Morgan fingerprint density at radius 3 is 2.70 bits per heavy atom. The Labute approximate surface area is 191 Å². The van der Waals surface area contributed by atoms with Crippen LogP contribution in [-0.2, 0) is 6.42 Å². The number of carbonyl (C=O) groups excluding carboxylic acids is 1. The summed E-state index contributed by atoms with van der Waals surface area (Å²) in [5, 5.41) is 13.2. The zero-order chi connectivity index (χ0) is 23.2. The molecule has 1 aliphatic rings. The average Bonchev–Trinajstić information content (AvgIpc) is 3.39. The molecule has 0 spiro atoms. The number of aliphatic imine (C=N–C) groups is 1. The van der Waals surface area contributed by atoms with Crippen LogP contribution in [0.2, 0.25) is 0 Å². The summed E-state index contributed by atoms with van der Waals surface area (Å²) in [5.41, 5.74) is 3.69. The Morgan fingerprint density at radius 2 is 2.06 bits per heavy atom. The molecule has 9 heteroatoms. The SMILES string of the molecule is CNC(=O)c1cc(CCC2=CNC(Nc3ccc(-n4cccn4)cc3)=NC2)c(F)c(OC)c1. The Hall–Kier alpha value is -4.14. The second-order valence-corrected chi connectivity index (χ2v) is 7.47. The van der Waals surface area contributed by atoms with Crippen molar-refractivity contribution in [3.63, 3.8) is 0 Å². The molecule has 33 heavy (non-hydrogen) atoms. The van der Waals surface area contributed by atoms with Crippen LogP contribution < -0.4 is 20.7 Å². The highest BCUT2D eigenvalue weighted by molar-refractivity contribution is 5.95. The van der Waals surface area contributed by atoms with Gasteiger partial charge in [0.1, 0.15) is 0 Å². The monoisotopic (exact) mass is 448 g/mol. The maximum absolute atomic E-state index is 14.7. The highest BCUT2D eigenvalue weighted by Crippen LogP contribution is 2.25. The number of aromatic nitrogens is 2. The van der Waals surface area contributed by atoms with E-state index in [2.05, 4.69) is 26.0 Å². The maximum Gasteiger partial charge on any atom is 0.251 e. The summed E-state index contributed by atoms with van der Waals surface area (Å²) < 4.78 is 21.5. The zero-order valence-corrected chi connectivity index (χ0v) is 18.4. The molecule has 0 atom stereocenters. The van der Waals surface area contributed by atoms with Crippen molar-refractivity contribution in [3.8, 4) is 11.4 Å². The van der Waals surface area contributed by atoms with Crippen molar-refractivity contribution >= 4 is 17.6 Å². The predicted molar refractivity (Wildman–Crippen MR) is 125 cm³/mol. The molecule has 1 aliphatic heterocycles. The lowest BCUT2D eigenvalue weighted by Gasteiger charge is -2.17. The highest BCUT2D eigenvalue weighted by Gasteiger charge is 2.16. The molecule has 3 N–H and O–H groups in total. The lowest BCUT2D eigenvalue weighted by molar-refractivity contribution is 0.0962. The first-order valence-electron chi connectivity index (χ1n) is 10.5. The number of halogens is 1. The summed E-state index contributed by atoms with van der Waals surface area (Å²) in [5.74, 6) is -0.0324. The molecule has 170 valence electrons. The van der Waals surface area contributed by atoms with Gasteiger partial charge in [-0.05, 0) is 66.4 Å². The topological polar surface area (TPSA) is 92.6 Å². The van der Waals surface area contributed by atoms with E-state index >= 15 is 0 Å². The van der Waals surface area contributed by atoms with Crippen LogP contribution in [0.1, 0.15) is 22.3 Å². The van der Waals surface area contributed by atoms with Crippen molar-refractivity contribution in [2.45, 2.75) is 12.8 Å². The molecule has 0 fully saturated rings. The minimum Gasteiger partial charge on any atom is -0.494 e. The van der Waals surface area contributed by atoms with Gasteiger partial charge in [-0.15, -0.1) is 0 Å². The lowest BCUT2D eigenvalue weighted by Crippen LogP contribution is -2.30. The van der Waals surface area contributed by atoms with Crippen LogP contribution in [0.4, 0.5) is 10.1 Å². The Balaban J connectivity index is 1.34. The molecule has 0 bridgehead atoms. The zero-order valence-electron chi connectivity index (χ0n) is 18.4. The summed E-state index contributed by atoms with van der Waals surface area (Å²) in [6.07, 6.45) is 6.52. The van der Waals surface area contributed by atoms with Crippen molar-refractivity contribution in [3.05, 3.63) is 83.6 Å². The number of rotatable bonds is 7. The third-order valence-electron chi connectivity index (χ3n) is 5.29. The van der Waals surface area contributed by atoms with Gasteiger partial charge in [0.05, 0.1) is 19.3 Å². The normalized spacial score (nSPS) is 12.9. The quantitative estimate of drug-likeness (QED) is 0.516. The lowest BCUT2D eigenvalue weighted by atomic mass is 10.0. The molecule has 1 amide bonds. The first kappa shape index (κ1) is 22.1. The van der Waals surface area contributed by atoms with Crippen molar-refractivity contribution in [1.29, 1.82) is 0 Å². The third kappa shape index (κ3) is 5.20. The van der Waals surface area contributed by atoms with Gasteiger partial charge in [-0.2, -0.15) is 5.10 Å². The summed E-state index contributed by atoms with van der Waals surface area (Å²) in [7, 11) is 2.92. The molecule has 1 aromatic heterocycles. The summed E-state index contributed by atoms with van der Waals surface area (Å²) >= 11 is 0. The highest BCUT2D eigenvalue weighted by atomic mass is 19.1. The van der Waals surface area contributed by atoms with Crippen molar-refractivity contribution in [2.75, 3.05) is 26.0 Å². The van der Waals surface area contributed by atoms with Crippen molar-refractivity contribution in [2.24, 2.45) is 4.99 Å². The molecule has 2 heterocycles. The number of methoxy groups -OCH3 is 1. The van der Waals surface area contributed by atoms with Gasteiger partial charge in [0.2, 0.25) is 0 Å². The van der Waals surface area contributed by atoms with E-state index in [0.717, 1.165) is 16.9 Å². The second kappa shape index (κ2) is 9.99. The number of carbonyl (C=O) groups is 1. The van der Waals surface area contributed by atoms with Gasteiger partial charge in [0, 0.05) is 36.9 Å². The van der Waals surface area contributed by atoms with Crippen LogP contribution in [-0.4, -0.2) is 42.3 Å². The van der Waals surface area contributed by atoms with Crippen LogP contribution in [0.5, 0.6) is 5.75 Å². The number of hydrogen-bond acceptors (Lipinski definition) is 6. The van der Waals surface area contributed by atoms with E-state index in [1.165, 1.54) is 20.2 Å². The number of nitrogens with one attached hydrogen (secondary N) is 3.